The first-order valence-corrected chi connectivity index (χ1v) is 3.37. The molecule has 0 saturated heterocycles. The van der Waals surface area contributed by atoms with E-state index in [2.05, 4.69) is 19.7 Å². The molecule has 1 aromatic rings. The highest BCUT2D eigenvalue weighted by atomic mass is 16.5. The summed E-state index contributed by atoms with van der Waals surface area (Å²) in [7, 11) is 1.25. The molecule has 66 valence electrons. The van der Waals surface area contributed by atoms with Crippen LogP contribution >= 0.6 is 0 Å². The van der Waals surface area contributed by atoms with Crippen LogP contribution in [0.3, 0.4) is 0 Å². The molecule has 6 nitrogen and oxygen atoms in total. The molecule has 0 N–H and O–H groups in total. The molecule has 6 heteroatoms. The monoisotopic (exact) mass is 178 g/mol. The third-order valence-corrected chi connectivity index (χ3v) is 1.36. The van der Waals surface area contributed by atoms with Crippen molar-refractivity contribution in [3.05, 3.63) is 34.5 Å². The van der Waals surface area contributed by atoms with Gasteiger partial charge in [-0.05, 0) is 11.6 Å². The highest BCUT2D eigenvalue weighted by molar-refractivity contribution is 5.94. The van der Waals surface area contributed by atoms with Gasteiger partial charge in [-0.1, -0.05) is 5.11 Å². The van der Waals surface area contributed by atoms with E-state index in [1.165, 1.54) is 25.6 Å². The van der Waals surface area contributed by atoms with Crippen molar-refractivity contribution in [2.24, 2.45) is 5.11 Å². The van der Waals surface area contributed by atoms with Gasteiger partial charge in [0.1, 0.15) is 0 Å². The zero-order valence-corrected chi connectivity index (χ0v) is 6.84. The van der Waals surface area contributed by atoms with Gasteiger partial charge in [0.05, 0.1) is 18.4 Å². The Morgan fingerprint density at radius 1 is 1.77 bits per heavy atom. The van der Waals surface area contributed by atoms with E-state index in [0.29, 0.717) is 0 Å². The zero-order valence-electron chi connectivity index (χ0n) is 6.84. The molecule has 0 amide bonds. The molecule has 0 aliphatic heterocycles. The molecule has 0 aliphatic carbocycles. The van der Waals surface area contributed by atoms with Crippen molar-refractivity contribution in [3.8, 4) is 0 Å². The second-order valence-electron chi connectivity index (χ2n) is 2.07. The standard InChI is InChI=1S/C7H6N4O2/c1-13-7(12)5-2-3-9-4-6(5)10-11-8/h2-4H,1H3. The first-order chi connectivity index (χ1) is 6.29. The number of hydrogen-bond donors (Lipinski definition) is 0. The lowest BCUT2D eigenvalue weighted by Crippen LogP contribution is -2.01. The van der Waals surface area contributed by atoms with Crippen LogP contribution in [0.4, 0.5) is 5.69 Å². The number of ether oxygens (including phenoxy) is 1. The van der Waals surface area contributed by atoms with Crippen LogP contribution < -0.4 is 0 Å². The van der Waals surface area contributed by atoms with E-state index in [0.717, 1.165) is 0 Å². The van der Waals surface area contributed by atoms with Gasteiger partial charge in [-0.3, -0.25) is 4.98 Å². The van der Waals surface area contributed by atoms with Gasteiger partial charge in [0.15, 0.2) is 0 Å². The first kappa shape index (κ1) is 9.02. The van der Waals surface area contributed by atoms with Crippen LogP contribution in [0.25, 0.3) is 10.4 Å². The third-order valence-electron chi connectivity index (χ3n) is 1.36. The van der Waals surface area contributed by atoms with Gasteiger partial charge >= 0.3 is 5.97 Å². The van der Waals surface area contributed by atoms with E-state index in [1.54, 1.807) is 0 Å². The van der Waals surface area contributed by atoms with Gasteiger partial charge in [0.25, 0.3) is 0 Å². The summed E-state index contributed by atoms with van der Waals surface area (Å²) in [5, 5.41) is 3.29. The van der Waals surface area contributed by atoms with Crippen LogP contribution in [0.15, 0.2) is 23.6 Å². The van der Waals surface area contributed by atoms with Crippen molar-refractivity contribution >= 4 is 11.7 Å². The van der Waals surface area contributed by atoms with Crippen molar-refractivity contribution in [3.63, 3.8) is 0 Å². The molecule has 0 spiro atoms. The Labute approximate surface area is 73.8 Å². The SMILES string of the molecule is COC(=O)c1ccncc1N=[N+]=[N-]. The molecule has 0 fully saturated rings. The Bertz CT molecular complexity index is 371. The lowest BCUT2D eigenvalue weighted by molar-refractivity contribution is 0.0601. The quantitative estimate of drug-likeness (QED) is 0.299. The number of azide groups is 1. The van der Waals surface area contributed by atoms with E-state index >= 15 is 0 Å². The molecule has 0 unspecified atom stereocenters. The molecule has 1 rings (SSSR count). The number of esters is 1. The van der Waals surface area contributed by atoms with Crippen molar-refractivity contribution in [2.45, 2.75) is 0 Å². The molecule has 0 radical (unpaired) electrons. The second-order valence-corrected chi connectivity index (χ2v) is 2.07. The average molecular weight is 178 g/mol. The third kappa shape index (κ3) is 1.94. The number of methoxy groups -OCH3 is 1. The van der Waals surface area contributed by atoms with Gasteiger partial charge in [-0.25, -0.2) is 4.79 Å². The molecule has 0 aromatic carbocycles. The maximum absolute atomic E-state index is 11.1. The summed E-state index contributed by atoms with van der Waals surface area (Å²) in [6.07, 6.45) is 2.72. The molecular weight excluding hydrogens is 172 g/mol. The Morgan fingerprint density at radius 3 is 3.15 bits per heavy atom. The highest BCUT2D eigenvalue weighted by Gasteiger charge is 2.09. The fourth-order valence-corrected chi connectivity index (χ4v) is 0.797. The maximum atomic E-state index is 11.1. The lowest BCUT2D eigenvalue weighted by Gasteiger charge is -2.00. The van der Waals surface area contributed by atoms with Gasteiger partial charge in [0.2, 0.25) is 0 Å². The Kier molecular flexibility index (Phi) is 2.83. The zero-order chi connectivity index (χ0) is 9.68. The molecule has 0 bridgehead atoms. The van der Waals surface area contributed by atoms with Gasteiger partial charge in [-0.2, -0.15) is 0 Å². The van der Waals surface area contributed by atoms with E-state index in [4.69, 9.17) is 5.53 Å². The van der Waals surface area contributed by atoms with Crippen LogP contribution in [-0.2, 0) is 4.74 Å². The summed E-state index contributed by atoms with van der Waals surface area (Å²) >= 11 is 0. The van der Waals surface area contributed by atoms with E-state index in [9.17, 15) is 4.79 Å². The number of nitrogens with zero attached hydrogens (tertiary/aromatic N) is 4. The number of carbonyl (C=O) groups excluding carboxylic acids is 1. The molecule has 0 aliphatic rings. The second kappa shape index (κ2) is 4.08. The van der Waals surface area contributed by atoms with E-state index in [-0.39, 0.29) is 11.3 Å². The van der Waals surface area contributed by atoms with Crippen molar-refractivity contribution in [1.29, 1.82) is 0 Å². The number of hydrogen-bond acceptors (Lipinski definition) is 4. The minimum Gasteiger partial charge on any atom is -0.465 e. The van der Waals surface area contributed by atoms with Crippen LogP contribution in [0.1, 0.15) is 10.4 Å². The molecule has 1 aromatic heterocycles. The summed E-state index contributed by atoms with van der Waals surface area (Å²) < 4.78 is 4.47. The van der Waals surface area contributed by atoms with Gasteiger partial charge < -0.3 is 4.74 Å². The topological polar surface area (TPSA) is 88.0 Å². The molecule has 0 saturated carbocycles. The van der Waals surface area contributed by atoms with Crippen LogP contribution in [0.2, 0.25) is 0 Å². The first-order valence-electron chi connectivity index (χ1n) is 3.37. The predicted octanol–water partition coefficient (Wildman–Crippen LogP) is 1.81. The van der Waals surface area contributed by atoms with E-state index in [1.807, 2.05) is 0 Å². The van der Waals surface area contributed by atoms with Crippen molar-refractivity contribution < 1.29 is 9.53 Å². The molecular formula is C7H6N4O2. The number of pyridine rings is 1. The fourth-order valence-electron chi connectivity index (χ4n) is 0.797. The smallest absolute Gasteiger partial charge is 0.338 e. The van der Waals surface area contributed by atoms with Gasteiger partial charge in [0, 0.05) is 17.3 Å². The lowest BCUT2D eigenvalue weighted by atomic mass is 10.2. The van der Waals surface area contributed by atoms with Crippen LogP contribution in [0.5, 0.6) is 0 Å². The summed E-state index contributed by atoms with van der Waals surface area (Å²) in [6.45, 7) is 0. The van der Waals surface area contributed by atoms with Crippen LogP contribution in [-0.4, -0.2) is 18.1 Å². The summed E-state index contributed by atoms with van der Waals surface area (Å²) in [5.41, 5.74) is 8.54. The number of aromatic nitrogens is 1. The molecule has 13 heavy (non-hydrogen) atoms. The van der Waals surface area contributed by atoms with Crippen LogP contribution in [0, 0.1) is 0 Å². The summed E-state index contributed by atoms with van der Waals surface area (Å²) in [6, 6.07) is 1.43. The largest absolute Gasteiger partial charge is 0.465 e. The Balaban J connectivity index is 3.18. The minimum absolute atomic E-state index is 0.164. The minimum atomic E-state index is -0.551. The maximum Gasteiger partial charge on any atom is 0.338 e. The van der Waals surface area contributed by atoms with Gasteiger partial charge in [-0.15, -0.1) is 0 Å². The summed E-state index contributed by atoms with van der Waals surface area (Å²) in [4.78, 5) is 17.3. The van der Waals surface area contributed by atoms with Crippen molar-refractivity contribution in [1.82, 2.24) is 4.98 Å². The average Bonchev–Trinajstić information content (AvgIpc) is 2.18. The highest BCUT2D eigenvalue weighted by Crippen LogP contribution is 2.17. The molecule has 1 heterocycles. The summed E-state index contributed by atoms with van der Waals surface area (Å²) in [5.74, 6) is -0.551. The molecule has 0 atom stereocenters. The normalized spacial score (nSPS) is 8.69. The van der Waals surface area contributed by atoms with E-state index < -0.39 is 5.97 Å². The van der Waals surface area contributed by atoms with Crippen molar-refractivity contribution in [2.75, 3.05) is 7.11 Å². The Hall–Kier alpha value is -2.07. The predicted molar refractivity (Wildman–Crippen MR) is 44.4 cm³/mol. The Morgan fingerprint density at radius 2 is 2.54 bits per heavy atom. The number of carbonyl (C=O) groups is 1. The fraction of sp³-hybridized carbons (Fsp3) is 0.143. The number of rotatable bonds is 2.